The van der Waals surface area contributed by atoms with Crippen LogP contribution in [0.25, 0.3) is 17.2 Å². The lowest BCUT2D eigenvalue weighted by Gasteiger charge is -2.42. The standard InChI is InChI=1S/C33H38N2O3.HI/c1-4-23-5-9-25(10-6-23)26-11-14-30-28(20-26)21-27(15-17-37-30)32(36)35-29-12-7-24(8-13-29)19-31-22(2)33(3,34)16-18-38-31;/h5-14,20-22,31H,4,15-19,34H2,1-3H3,(H,35,36);1H. The van der Waals surface area contributed by atoms with Crippen molar-refractivity contribution in [1.82, 2.24) is 0 Å². The number of hydrogen-bond donors (Lipinski definition) is 2. The molecule has 1 fully saturated rings. The Morgan fingerprint density at radius 2 is 1.69 bits per heavy atom. The lowest BCUT2D eigenvalue weighted by molar-refractivity contribution is -0.113. The number of fused-ring (bicyclic) bond motifs is 1. The van der Waals surface area contributed by atoms with E-state index in [4.69, 9.17) is 15.2 Å². The van der Waals surface area contributed by atoms with Crippen molar-refractivity contribution >= 4 is 41.6 Å². The second-order valence-electron chi connectivity index (χ2n) is 10.9. The summed E-state index contributed by atoms with van der Waals surface area (Å²) in [5.74, 6) is 0.980. The molecule has 2 aliphatic rings. The molecule has 2 aliphatic heterocycles. The number of rotatable bonds is 6. The number of aryl methyl sites for hydroxylation is 1. The van der Waals surface area contributed by atoms with E-state index in [0.717, 1.165) is 47.4 Å². The maximum absolute atomic E-state index is 13.2. The highest BCUT2D eigenvalue weighted by atomic mass is 127. The minimum absolute atomic E-state index is 0. The molecule has 0 aromatic heterocycles. The van der Waals surface area contributed by atoms with Crippen LogP contribution in [0.1, 0.15) is 50.3 Å². The SMILES string of the molecule is CCc1ccc(-c2ccc3c(c2)C=C(C(=O)Nc2ccc(CC4OCCC(C)(N)C4C)cc2)CCO3)cc1.I. The Kier molecular flexibility index (Phi) is 9.51. The number of carbonyl (C=O) groups is 1. The summed E-state index contributed by atoms with van der Waals surface area (Å²) >= 11 is 0. The highest BCUT2D eigenvalue weighted by Crippen LogP contribution is 2.32. The molecule has 2 heterocycles. The van der Waals surface area contributed by atoms with Crippen molar-refractivity contribution in [3.8, 4) is 16.9 Å². The number of benzene rings is 3. The summed E-state index contributed by atoms with van der Waals surface area (Å²) in [4.78, 5) is 13.2. The van der Waals surface area contributed by atoms with Crippen molar-refractivity contribution in [3.05, 3.63) is 89.0 Å². The largest absolute Gasteiger partial charge is 0.493 e. The zero-order valence-corrected chi connectivity index (χ0v) is 25.4. The van der Waals surface area contributed by atoms with Gasteiger partial charge < -0.3 is 20.5 Å². The van der Waals surface area contributed by atoms with Gasteiger partial charge in [-0.3, -0.25) is 4.79 Å². The Bertz CT molecular complexity index is 1320. The number of ether oxygens (including phenoxy) is 2. The first kappa shape index (κ1) is 29.3. The van der Waals surface area contributed by atoms with Crippen molar-refractivity contribution in [2.75, 3.05) is 18.5 Å². The van der Waals surface area contributed by atoms with E-state index in [1.165, 1.54) is 11.1 Å². The van der Waals surface area contributed by atoms with E-state index in [0.29, 0.717) is 25.2 Å². The third-order valence-electron chi connectivity index (χ3n) is 8.17. The fraction of sp³-hybridized carbons (Fsp3) is 0.364. The molecule has 1 amide bonds. The summed E-state index contributed by atoms with van der Waals surface area (Å²) in [6.45, 7) is 7.61. The molecule has 3 unspecified atom stereocenters. The maximum Gasteiger partial charge on any atom is 0.251 e. The molecule has 0 saturated carbocycles. The molecule has 0 bridgehead atoms. The van der Waals surface area contributed by atoms with Gasteiger partial charge in [0.2, 0.25) is 0 Å². The number of anilines is 1. The first-order valence-electron chi connectivity index (χ1n) is 13.7. The molecule has 206 valence electrons. The molecule has 6 heteroatoms. The van der Waals surface area contributed by atoms with Gasteiger partial charge in [0.15, 0.2) is 0 Å². The Labute approximate surface area is 249 Å². The fourth-order valence-electron chi connectivity index (χ4n) is 5.25. The van der Waals surface area contributed by atoms with Gasteiger partial charge in [0.1, 0.15) is 5.75 Å². The maximum atomic E-state index is 13.2. The predicted octanol–water partition coefficient (Wildman–Crippen LogP) is 7.02. The van der Waals surface area contributed by atoms with Crippen LogP contribution in [0.2, 0.25) is 0 Å². The number of hydrogen-bond acceptors (Lipinski definition) is 4. The van der Waals surface area contributed by atoms with Gasteiger partial charge in [-0.1, -0.05) is 56.3 Å². The van der Waals surface area contributed by atoms with Gasteiger partial charge in [0, 0.05) is 41.3 Å². The van der Waals surface area contributed by atoms with E-state index in [-0.39, 0.29) is 47.4 Å². The third-order valence-corrected chi connectivity index (χ3v) is 8.17. The molecule has 39 heavy (non-hydrogen) atoms. The smallest absolute Gasteiger partial charge is 0.251 e. The monoisotopic (exact) mass is 638 g/mol. The highest BCUT2D eigenvalue weighted by Gasteiger charge is 2.37. The minimum atomic E-state index is -0.202. The first-order chi connectivity index (χ1) is 18.3. The van der Waals surface area contributed by atoms with E-state index < -0.39 is 0 Å². The first-order valence-corrected chi connectivity index (χ1v) is 13.7. The number of amides is 1. The normalized spacial score (nSPS) is 22.4. The van der Waals surface area contributed by atoms with Gasteiger partial charge in [-0.25, -0.2) is 0 Å². The molecule has 3 atom stereocenters. The zero-order chi connectivity index (χ0) is 26.7. The number of halogens is 1. The Morgan fingerprint density at radius 3 is 2.41 bits per heavy atom. The van der Waals surface area contributed by atoms with Crippen molar-refractivity contribution < 1.29 is 14.3 Å². The lowest BCUT2D eigenvalue weighted by atomic mass is 9.78. The van der Waals surface area contributed by atoms with Gasteiger partial charge in [0.05, 0.1) is 12.7 Å². The summed E-state index contributed by atoms with van der Waals surface area (Å²) in [7, 11) is 0. The summed E-state index contributed by atoms with van der Waals surface area (Å²) in [5, 5.41) is 3.07. The quantitative estimate of drug-likeness (QED) is 0.285. The number of carbonyl (C=O) groups excluding carboxylic acids is 1. The van der Waals surface area contributed by atoms with Crippen molar-refractivity contribution in [2.24, 2.45) is 11.7 Å². The van der Waals surface area contributed by atoms with Crippen molar-refractivity contribution in [1.29, 1.82) is 0 Å². The van der Waals surface area contributed by atoms with E-state index >= 15 is 0 Å². The third kappa shape index (κ3) is 6.91. The number of nitrogens with two attached hydrogens (primary N) is 1. The molecule has 5 nitrogen and oxygen atoms in total. The molecule has 5 rings (SSSR count). The fourth-order valence-corrected chi connectivity index (χ4v) is 5.25. The molecule has 1 saturated heterocycles. The average molecular weight is 639 g/mol. The van der Waals surface area contributed by atoms with Crippen molar-refractivity contribution in [3.63, 3.8) is 0 Å². The lowest BCUT2D eigenvalue weighted by Crippen LogP contribution is -2.53. The highest BCUT2D eigenvalue weighted by molar-refractivity contribution is 14.0. The zero-order valence-electron chi connectivity index (χ0n) is 23.0. The topological polar surface area (TPSA) is 73.6 Å². The van der Waals surface area contributed by atoms with Crippen LogP contribution in [0.3, 0.4) is 0 Å². The molecule has 3 N–H and O–H groups in total. The molecule has 3 aromatic carbocycles. The van der Waals surface area contributed by atoms with Gasteiger partial charge in [-0.05, 0) is 78.8 Å². The van der Waals surface area contributed by atoms with Gasteiger partial charge in [-0.2, -0.15) is 0 Å². The predicted molar refractivity (Wildman–Crippen MR) is 170 cm³/mol. The van der Waals surface area contributed by atoms with E-state index in [2.05, 4.69) is 74.6 Å². The molecule has 0 spiro atoms. The summed E-state index contributed by atoms with van der Waals surface area (Å²) < 4.78 is 12.0. The van der Waals surface area contributed by atoms with Crippen molar-refractivity contribution in [2.45, 2.75) is 58.1 Å². The molecular formula is C33H39IN2O3. The molecular weight excluding hydrogens is 599 g/mol. The van der Waals surface area contributed by atoms with E-state index in [1.807, 2.05) is 24.3 Å². The van der Waals surface area contributed by atoms with Crippen LogP contribution in [0.4, 0.5) is 5.69 Å². The summed E-state index contributed by atoms with van der Waals surface area (Å²) in [6, 6.07) is 22.8. The van der Waals surface area contributed by atoms with Gasteiger partial charge in [0.25, 0.3) is 5.91 Å². The summed E-state index contributed by atoms with van der Waals surface area (Å²) in [6.07, 6.45) is 5.32. The minimum Gasteiger partial charge on any atom is -0.493 e. The number of nitrogens with one attached hydrogen (secondary N) is 1. The van der Waals surface area contributed by atoms with Crippen LogP contribution < -0.4 is 15.8 Å². The molecule has 0 radical (unpaired) electrons. The molecule has 3 aromatic rings. The van der Waals surface area contributed by atoms with Crippen LogP contribution in [0.5, 0.6) is 5.75 Å². The van der Waals surface area contributed by atoms with Crippen LogP contribution >= 0.6 is 24.0 Å². The van der Waals surface area contributed by atoms with Crippen LogP contribution in [-0.2, 0) is 22.4 Å². The Morgan fingerprint density at radius 1 is 1.00 bits per heavy atom. The summed E-state index contributed by atoms with van der Waals surface area (Å²) in [5.41, 5.74) is 13.4. The van der Waals surface area contributed by atoms with Gasteiger partial charge in [-0.15, -0.1) is 24.0 Å². The Hall–Kier alpha value is -2.68. The van der Waals surface area contributed by atoms with E-state index in [1.54, 1.807) is 0 Å². The Balaban J connectivity index is 0.00000353. The van der Waals surface area contributed by atoms with Crippen LogP contribution in [0, 0.1) is 5.92 Å². The second-order valence-corrected chi connectivity index (χ2v) is 10.9. The van der Waals surface area contributed by atoms with E-state index in [9.17, 15) is 4.79 Å². The van der Waals surface area contributed by atoms with Crippen LogP contribution in [-0.4, -0.2) is 30.8 Å². The van der Waals surface area contributed by atoms with Gasteiger partial charge >= 0.3 is 0 Å². The average Bonchev–Trinajstić information content (AvgIpc) is 3.14. The second kappa shape index (κ2) is 12.7. The van der Waals surface area contributed by atoms with Crippen LogP contribution in [0.15, 0.2) is 72.3 Å². The molecule has 0 aliphatic carbocycles.